The highest BCUT2D eigenvalue weighted by atomic mass is 32.2. The predicted octanol–water partition coefficient (Wildman–Crippen LogP) is 1.30. The van der Waals surface area contributed by atoms with E-state index >= 15 is 0 Å². The molecule has 0 aliphatic rings. The van der Waals surface area contributed by atoms with Crippen LogP contribution in [0.1, 0.15) is 6.92 Å². The second-order valence-corrected chi connectivity index (χ2v) is 4.29. The maximum absolute atomic E-state index is 4.14. The first kappa shape index (κ1) is 8.64. The number of aromatic nitrogens is 5. The van der Waals surface area contributed by atoms with Crippen LogP contribution in [0.2, 0.25) is 0 Å². The third-order valence-electron chi connectivity index (χ3n) is 1.39. The molecule has 0 N–H and O–H groups in total. The molecule has 0 aromatic carbocycles. The number of hydrogen-bond donors (Lipinski definition) is 0. The summed E-state index contributed by atoms with van der Waals surface area (Å²) in [6.07, 6.45) is 1.77. The number of tetrazole rings is 1. The Morgan fingerprint density at radius 1 is 1.62 bits per heavy atom. The van der Waals surface area contributed by atoms with Gasteiger partial charge in [0.2, 0.25) is 5.16 Å². The first-order valence-electron chi connectivity index (χ1n) is 3.73. The lowest BCUT2D eigenvalue weighted by Crippen LogP contribution is -1.98. The molecular formula is C6H7N5S2. The van der Waals surface area contributed by atoms with Gasteiger partial charge in [0, 0.05) is 18.1 Å². The molecule has 0 atom stereocenters. The second-order valence-electron chi connectivity index (χ2n) is 2.18. The fourth-order valence-corrected chi connectivity index (χ4v) is 2.37. The van der Waals surface area contributed by atoms with E-state index in [0.29, 0.717) is 0 Å². The maximum atomic E-state index is 4.14. The van der Waals surface area contributed by atoms with Crippen LogP contribution in [0, 0.1) is 0 Å². The van der Waals surface area contributed by atoms with Crippen LogP contribution in [0.15, 0.2) is 21.1 Å². The molecular weight excluding hydrogens is 206 g/mol. The quantitative estimate of drug-likeness (QED) is 0.769. The number of aryl methyl sites for hydroxylation is 1. The Bertz CT molecular complexity index is 368. The molecule has 2 aromatic heterocycles. The standard InChI is InChI=1S/C6H7N5S2/c1-2-11-5(8-9-10-11)13-6-7-3-4-12-6/h3-4H,2H2,1H3. The van der Waals surface area contributed by atoms with Gasteiger partial charge in [0.15, 0.2) is 4.34 Å². The molecule has 0 fully saturated rings. The highest BCUT2D eigenvalue weighted by Crippen LogP contribution is 2.26. The van der Waals surface area contributed by atoms with Crippen LogP contribution in [0.25, 0.3) is 0 Å². The first-order valence-corrected chi connectivity index (χ1v) is 5.43. The van der Waals surface area contributed by atoms with Crippen LogP contribution in [0.5, 0.6) is 0 Å². The normalized spacial score (nSPS) is 10.5. The van der Waals surface area contributed by atoms with E-state index in [2.05, 4.69) is 20.5 Å². The van der Waals surface area contributed by atoms with Crippen LogP contribution < -0.4 is 0 Å². The highest BCUT2D eigenvalue weighted by molar-refractivity contribution is 8.00. The van der Waals surface area contributed by atoms with Crippen molar-refractivity contribution in [2.75, 3.05) is 0 Å². The number of thiazole rings is 1. The minimum atomic E-state index is 0.778. The molecule has 0 unspecified atom stereocenters. The molecule has 13 heavy (non-hydrogen) atoms. The van der Waals surface area contributed by atoms with E-state index in [-0.39, 0.29) is 0 Å². The third kappa shape index (κ3) is 1.86. The molecule has 0 aliphatic heterocycles. The van der Waals surface area contributed by atoms with Gasteiger partial charge in [-0.05, 0) is 29.1 Å². The van der Waals surface area contributed by atoms with Gasteiger partial charge in [-0.1, -0.05) is 0 Å². The van der Waals surface area contributed by atoms with Crippen molar-refractivity contribution in [3.05, 3.63) is 11.6 Å². The summed E-state index contributed by atoms with van der Waals surface area (Å²) in [6, 6.07) is 0. The Labute approximate surface area is 83.2 Å². The third-order valence-corrected chi connectivity index (χ3v) is 3.25. The lowest BCUT2D eigenvalue weighted by Gasteiger charge is -1.96. The minimum Gasteiger partial charge on any atom is -0.238 e. The van der Waals surface area contributed by atoms with Gasteiger partial charge in [-0.2, -0.15) is 0 Å². The lowest BCUT2D eigenvalue weighted by atomic mass is 10.8. The molecule has 2 aromatic rings. The van der Waals surface area contributed by atoms with E-state index in [4.69, 9.17) is 0 Å². The molecule has 2 heterocycles. The van der Waals surface area contributed by atoms with E-state index in [1.54, 1.807) is 22.2 Å². The van der Waals surface area contributed by atoms with Crippen LogP contribution in [0.3, 0.4) is 0 Å². The Kier molecular flexibility index (Phi) is 2.55. The molecule has 0 aliphatic carbocycles. The predicted molar refractivity (Wildman–Crippen MR) is 49.7 cm³/mol. The smallest absolute Gasteiger partial charge is 0.216 e. The highest BCUT2D eigenvalue weighted by Gasteiger charge is 2.07. The van der Waals surface area contributed by atoms with E-state index in [0.717, 1.165) is 16.0 Å². The van der Waals surface area contributed by atoms with Crippen molar-refractivity contribution >= 4 is 23.1 Å². The molecule has 0 radical (unpaired) electrons. The van der Waals surface area contributed by atoms with E-state index in [1.165, 1.54) is 11.8 Å². The van der Waals surface area contributed by atoms with Crippen molar-refractivity contribution in [1.82, 2.24) is 25.2 Å². The van der Waals surface area contributed by atoms with Crippen molar-refractivity contribution in [3.8, 4) is 0 Å². The Morgan fingerprint density at radius 3 is 3.23 bits per heavy atom. The van der Waals surface area contributed by atoms with Crippen molar-refractivity contribution in [3.63, 3.8) is 0 Å². The monoisotopic (exact) mass is 213 g/mol. The van der Waals surface area contributed by atoms with Gasteiger partial charge in [0.05, 0.1) is 0 Å². The molecule has 0 saturated heterocycles. The van der Waals surface area contributed by atoms with Crippen molar-refractivity contribution in [2.24, 2.45) is 0 Å². The fraction of sp³-hybridized carbons (Fsp3) is 0.333. The molecule has 68 valence electrons. The Hall–Kier alpha value is -0.950. The van der Waals surface area contributed by atoms with Gasteiger partial charge in [-0.15, -0.1) is 16.4 Å². The van der Waals surface area contributed by atoms with Crippen LogP contribution in [-0.2, 0) is 6.54 Å². The molecule has 0 saturated carbocycles. The summed E-state index contributed by atoms with van der Waals surface area (Å²) < 4.78 is 2.70. The molecule has 5 nitrogen and oxygen atoms in total. The summed E-state index contributed by atoms with van der Waals surface area (Å²) in [5.41, 5.74) is 0. The molecule has 7 heteroatoms. The van der Waals surface area contributed by atoms with Gasteiger partial charge >= 0.3 is 0 Å². The Morgan fingerprint density at radius 2 is 2.54 bits per heavy atom. The van der Waals surface area contributed by atoms with Crippen molar-refractivity contribution in [1.29, 1.82) is 0 Å². The number of hydrogen-bond acceptors (Lipinski definition) is 6. The minimum absolute atomic E-state index is 0.778. The summed E-state index contributed by atoms with van der Waals surface area (Å²) in [7, 11) is 0. The van der Waals surface area contributed by atoms with Gasteiger partial charge in [-0.3, -0.25) is 0 Å². The lowest BCUT2D eigenvalue weighted by molar-refractivity contribution is 0.581. The average Bonchev–Trinajstić information content (AvgIpc) is 2.76. The summed E-state index contributed by atoms with van der Waals surface area (Å²) >= 11 is 3.07. The van der Waals surface area contributed by atoms with E-state index < -0.39 is 0 Å². The SMILES string of the molecule is CCn1nnnc1Sc1nccs1. The molecule has 0 spiro atoms. The zero-order valence-corrected chi connectivity index (χ0v) is 8.55. The van der Waals surface area contributed by atoms with Gasteiger partial charge in [0.1, 0.15) is 0 Å². The largest absolute Gasteiger partial charge is 0.238 e. The summed E-state index contributed by atoms with van der Waals surface area (Å²) in [5, 5.41) is 14.0. The van der Waals surface area contributed by atoms with Crippen LogP contribution in [0.4, 0.5) is 0 Å². The Balaban J connectivity index is 2.18. The zero-order valence-electron chi connectivity index (χ0n) is 6.91. The molecule has 0 amide bonds. The molecule has 0 bridgehead atoms. The number of nitrogens with zero attached hydrogens (tertiary/aromatic N) is 5. The molecule has 2 rings (SSSR count). The summed E-state index contributed by atoms with van der Waals surface area (Å²) in [6.45, 7) is 2.78. The van der Waals surface area contributed by atoms with Gasteiger partial charge in [0.25, 0.3) is 0 Å². The summed E-state index contributed by atoms with van der Waals surface area (Å²) in [4.78, 5) is 4.14. The number of rotatable bonds is 3. The first-order chi connectivity index (χ1) is 6.40. The van der Waals surface area contributed by atoms with Crippen LogP contribution >= 0.6 is 23.1 Å². The second kappa shape index (κ2) is 3.84. The average molecular weight is 213 g/mol. The van der Waals surface area contributed by atoms with Gasteiger partial charge < -0.3 is 0 Å². The van der Waals surface area contributed by atoms with Crippen molar-refractivity contribution in [2.45, 2.75) is 23.0 Å². The summed E-state index contributed by atoms with van der Waals surface area (Å²) in [5.74, 6) is 0. The van der Waals surface area contributed by atoms with E-state index in [9.17, 15) is 0 Å². The van der Waals surface area contributed by atoms with Crippen LogP contribution in [-0.4, -0.2) is 25.2 Å². The van der Waals surface area contributed by atoms with Crippen molar-refractivity contribution < 1.29 is 0 Å². The topological polar surface area (TPSA) is 56.5 Å². The van der Waals surface area contributed by atoms with E-state index in [1.807, 2.05) is 12.3 Å². The van der Waals surface area contributed by atoms with Gasteiger partial charge in [-0.25, -0.2) is 9.67 Å². The zero-order chi connectivity index (χ0) is 9.10. The maximum Gasteiger partial charge on any atom is 0.216 e. The fourth-order valence-electron chi connectivity index (χ4n) is 0.807.